The first-order chi connectivity index (χ1) is 28.6. The van der Waals surface area contributed by atoms with Gasteiger partial charge in [0.1, 0.15) is 23.5 Å². The van der Waals surface area contributed by atoms with Gasteiger partial charge >= 0.3 is 0 Å². The molecular formula is C51H40BrN5O. The molecule has 0 aliphatic rings. The third-order valence-corrected chi connectivity index (χ3v) is 11.4. The van der Waals surface area contributed by atoms with Crippen molar-refractivity contribution in [3.8, 4) is 5.75 Å². The summed E-state index contributed by atoms with van der Waals surface area (Å²) in [6.45, 7) is 2.42. The van der Waals surface area contributed by atoms with E-state index in [0.29, 0.717) is 29.3 Å². The molecule has 0 saturated heterocycles. The van der Waals surface area contributed by atoms with E-state index in [1.807, 2.05) is 53.2 Å². The molecule has 0 aliphatic heterocycles. The predicted molar refractivity (Wildman–Crippen MR) is 236 cm³/mol. The fraction of sp³-hybridized carbons (Fsp3) is 0.0784. The zero-order valence-electron chi connectivity index (χ0n) is 31.9. The predicted octanol–water partition coefficient (Wildman–Crippen LogP) is 11.7. The lowest BCUT2D eigenvalue weighted by Gasteiger charge is -2.38. The van der Waals surface area contributed by atoms with E-state index in [2.05, 4.69) is 186 Å². The molecule has 0 unspecified atom stereocenters. The number of hydrogen-bond acceptors (Lipinski definition) is 5. The topological polar surface area (TPSA) is 64.9 Å². The highest BCUT2D eigenvalue weighted by atomic mass is 79.9. The minimum Gasteiger partial charge on any atom is -0.486 e. The number of aryl methyl sites for hydroxylation is 1. The molecule has 9 rings (SSSR count). The fourth-order valence-electron chi connectivity index (χ4n) is 8.13. The lowest BCUT2D eigenvalue weighted by molar-refractivity contribution is 0.308. The molecule has 1 N–H and O–H groups in total. The highest BCUT2D eigenvalue weighted by molar-refractivity contribution is 9.10. The molecule has 0 spiro atoms. The van der Waals surface area contributed by atoms with Crippen LogP contribution in [0, 0.1) is 6.92 Å². The Balaban J connectivity index is 1.34. The summed E-state index contributed by atoms with van der Waals surface area (Å²) in [5.41, 5.74) is 7.70. The molecular weight excluding hydrogens is 778 g/mol. The summed E-state index contributed by atoms with van der Waals surface area (Å²) in [6.07, 6.45) is 0. The van der Waals surface area contributed by atoms with Crippen LogP contribution in [0.25, 0.3) is 11.2 Å². The number of pyridine rings is 1. The molecule has 0 radical (unpaired) electrons. The number of ether oxygens (including phenoxy) is 1. The number of benzene rings is 7. The standard InChI is InChI=1S/C51H40BrN5O/c1-37-34-45(52)33-32-38(37)36-58-46-35-47(54-50(39-20-8-2-9-21-39,40-22-10-3-11-23-40)41-24-12-4-13-25-41)53-49-48(46)55-56-57(49)51(42-26-14-5-15-27-42,43-28-16-6-17-29-43)44-30-18-7-19-31-44/h2-35H,36H2,1H3,(H,53,54). The van der Waals surface area contributed by atoms with Crippen molar-refractivity contribution in [2.45, 2.75) is 24.6 Å². The van der Waals surface area contributed by atoms with E-state index in [-0.39, 0.29) is 0 Å². The number of nitrogens with one attached hydrogen (secondary N) is 1. The maximum atomic E-state index is 6.83. The van der Waals surface area contributed by atoms with E-state index in [0.717, 1.165) is 49.0 Å². The van der Waals surface area contributed by atoms with Gasteiger partial charge in [-0.15, -0.1) is 5.10 Å². The first-order valence-corrected chi connectivity index (χ1v) is 20.1. The van der Waals surface area contributed by atoms with Crippen LogP contribution in [0.5, 0.6) is 5.75 Å². The summed E-state index contributed by atoms with van der Waals surface area (Å²) in [5.74, 6) is 1.16. The second kappa shape index (κ2) is 16.0. The summed E-state index contributed by atoms with van der Waals surface area (Å²) < 4.78 is 9.82. The summed E-state index contributed by atoms with van der Waals surface area (Å²) in [6, 6.07) is 71.2. The van der Waals surface area contributed by atoms with Crippen molar-refractivity contribution in [2.75, 3.05) is 5.32 Å². The van der Waals surface area contributed by atoms with Gasteiger partial charge in [0, 0.05) is 10.5 Å². The van der Waals surface area contributed by atoms with Gasteiger partial charge in [0.05, 0.1) is 0 Å². The molecule has 7 heteroatoms. The van der Waals surface area contributed by atoms with Crippen LogP contribution in [0.3, 0.4) is 0 Å². The van der Waals surface area contributed by atoms with Gasteiger partial charge in [0.2, 0.25) is 0 Å². The molecule has 0 bridgehead atoms. The van der Waals surface area contributed by atoms with Crippen LogP contribution < -0.4 is 10.1 Å². The molecule has 282 valence electrons. The van der Waals surface area contributed by atoms with Gasteiger partial charge < -0.3 is 10.1 Å². The van der Waals surface area contributed by atoms with Gasteiger partial charge in [-0.25, -0.2) is 9.67 Å². The first-order valence-electron chi connectivity index (χ1n) is 19.3. The van der Waals surface area contributed by atoms with Crippen molar-refractivity contribution >= 4 is 32.9 Å². The normalized spacial score (nSPS) is 11.7. The number of fused-ring (bicyclic) bond motifs is 1. The number of halogens is 1. The van der Waals surface area contributed by atoms with Crippen molar-refractivity contribution in [1.82, 2.24) is 20.0 Å². The molecule has 2 aromatic heterocycles. The lowest BCUT2D eigenvalue weighted by atomic mass is 9.77. The third-order valence-electron chi connectivity index (χ3n) is 10.9. The molecule has 0 amide bonds. The minimum atomic E-state index is -0.959. The Morgan fingerprint density at radius 3 is 1.41 bits per heavy atom. The van der Waals surface area contributed by atoms with Gasteiger partial charge in [0.15, 0.2) is 16.9 Å². The maximum absolute atomic E-state index is 6.83. The summed E-state index contributed by atoms with van der Waals surface area (Å²) in [7, 11) is 0. The Bertz CT molecular complexity index is 2570. The number of nitrogens with zero attached hydrogens (tertiary/aromatic N) is 4. The summed E-state index contributed by atoms with van der Waals surface area (Å²) in [5, 5.41) is 14.0. The van der Waals surface area contributed by atoms with Gasteiger partial charge in [-0.05, 0) is 63.6 Å². The van der Waals surface area contributed by atoms with E-state index in [9.17, 15) is 0 Å². The van der Waals surface area contributed by atoms with Gasteiger partial charge in [-0.1, -0.05) is 209 Å². The quantitative estimate of drug-likeness (QED) is 0.124. The van der Waals surface area contributed by atoms with Crippen LogP contribution >= 0.6 is 15.9 Å². The molecule has 0 aliphatic carbocycles. The summed E-state index contributed by atoms with van der Waals surface area (Å²) in [4.78, 5) is 5.52. The van der Waals surface area contributed by atoms with Crippen molar-refractivity contribution in [3.05, 3.63) is 255 Å². The van der Waals surface area contributed by atoms with Crippen LogP contribution in [0.2, 0.25) is 0 Å². The highest BCUT2D eigenvalue weighted by Crippen LogP contribution is 2.44. The summed E-state index contributed by atoms with van der Waals surface area (Å²) >= 11 is 3.62. The van der Waals surface area contributed by atoms with Crippen LogP contribution in [0.4, 0.5) is 5.82 Å². The number of anilines is 1. The van der Waals surface area contributed by atoms with Crippen LogP contribution in [-0.4, -0.2) is 20.0 Å². The van der Waals surface area contributed by atoms with E-state index >= 15 is 0 Å². The molecule has 0 atom stereocenters. The maximum Gasteiger partial charge on any atom is 0.185 e. The second-order valence-electron chi connectivity index (χ2n) is 14.3. The Kier molecular flexibility index (Phi) is 10.1. The van der Waals surface area contributed by atoms with Crippen LogP contribution in [0.15, 0.2) is 211 Å². The number of hydrogen-bond donors (Lipinski definition) is 1. The lowest BCUT2D eigenvalue weighted by Crippen LogP contribution is -2.39. The molecule has 6 nitrogen and oxygen atoms in total. The molecule has 9 aromatic rings. The van der Waals surface area contributed by atoms with E-state index in [1.165, 1.54) is 0 Å². The molecule has 2 heterocycles. The zero-order chi connectivity index (χ0) is 39.4. The van der Waals surface area contributed by atoms with Gasteiger partial charge in [-0.3, -0.25) is 0 Å². The Morgan fingerprint density at radius 2 is 0.983 bits per heavy atom. The highest BCUT2D eigenvalue weighted by Gasteiger charge is 2.42. The SMILES string of the molecule is Cc1cc(Br)ccc1COc1cc(NC(c2ccccc2)(c2ccccc2)c2ccccc2)nc2c1nnn2C(c1ccccc1)(c1ccccc1)c1ccccc1. The van der Waals surface area contributed by atoms with Crippen molar-refractivity contribution in [1.29, 1.82) is 0 Å². The largest absolute Gasteiger partial charge is 0.486 e. The fourth-order valence-corrected chi connectivity index (χ4v) is 8.61. The van der Waals surface area contributed by atoms with E-state index in [4.69, 9.17) is 20.0 Å². The average molecular weight is 819 g/mol. The Labute approximate surface area is 347 Å². The van der Waals surface area contributed by atoms with Crippen molar-refractivity contribution in [3.63, 3.8) is 0 Å². The number of aromatic nitrogens is 4. The smallest absolute Gasteiger partial charge is 0.185 e. The Hall–Kier alpha value is -6.83. The van der Waals surface area contributed by atoms with Gasteiger partial charge in [0.25, 0.3) is 0 Å². The molecule has 0 saturated carbocycles. The average Bonchev–Trinajstić information content (AvgIpc) is 3.72. The molecule has 0 fully saturated rings. The third kappa shape index (κ3) is 6.63. The second-order valence-corrected chi connectivity index (χ2v) is 15.2. The van der Waals surface area contributed by atoms with Crippen molar-refractivity contribution < 1.29 is 4.74 Å². The van der Waals surface area contributed by atoms with Crippen LogP contribution in [0.1, 0.15) is 44.5 Å². The molecule has 58 heavy (non-hydrogen) atoms. The van der Waals surface area contributed by atoms with Crippen molar-refractivity contribution in [2.24, 2.45) is 0 Å². The first kappa shape index (κ1) is 36.8. The van der Waals surface area contributed by atoms with Gasteiger partial charge in [-0.2, -0.15) is 0 Å². The minimum absolute atomic E-state index is 0.326. The monoisotopic (exact) mass is 817 g/mol. The van der Waals surface area contributed by atoms with E-state index < -0.39 is 11.1 Å². The number of rotatable bonds is 12. The van der Waals surface area contributed by atoms with Crippen LogP contribution in [-0.2, 0) is 17.7 Å². The zero-order valence-corrected chi connectivity index (χ0v) is 33.5. The Morgan fingerprint density at radius 1 is 0.552 bits per heavy atom. The van der Waals surface area contributed by atoms with E-state index in [1.54, 1.807) is 0 Å². The molecule has 7 aromatic carbocycles.